The smallest absolute Gasteiger partial charge is 0.269 e. The van der Waals surface area contributed by atoms with Crippen LogP contribution in [0.5, 0.6) is 5.75 Å². The lowest BCUT2D eigenvalue weighted by Crippen LogP contribution is -2.76. The van der Waals surface area contributed by atoms with Gasteiger partial charge >= 0.3 is 0 Å². The molecule has 4 heteroatoms. The molecule has 2 aromatic carbocycles. The molecule has 100 valence electrons. The van der Waals surface area contributed by atoms with Crippen LogP contribution < -0.4 is 15.5 Å². The van der Waals surface area contributed by atoms with Crippen LogP contribution in [-0.4, -0.2) is 18.3 Å². The highest BCUT2D eigenvalue weighted by Gasteiger charge is 2.23. The number of fused-ring (bicyclic) bond motifs is 1. The minimum absolute atomic E-state index is 0.644. The predicted octanol–water partition coefficient (Wildman–Crippen LogP) is 0.963. The highest BCUT2D eigenvalue weighted by molar-refractivity contribution is 6.12. The molecule has 1 heterocycles. The summed E-state index contributed by atoms with van der Waals surface area (Å²) in [5.74, 6) is 2.27. The van der Waals surface area contributed by atoms with E-state index < -0.39 is 0 Å². The number of rotatable bonds is 3. The summed E-state index contributed by atoms with van der Waals surface area (Å²) in [5, 5.41) is 0. The molecule has 20 heavy (non-hydrogen) atoms. The van der Waals surface area contributed by atoms with Crippen LogP contribution in [0.4, 0.5) is 5.69 Å². The van der Waals surface area contributed by atoms with E-state index >= 15 is 0 Å². The van der Waals surface area contributed by atoms with Crippen LogP contribution in [0.1, 0.15) is 18.1 Å². The van der Waals surface area contributed by atoms with Gasteiger partial charge in [0, 0.05) is 0 Å². The van der Waals surface area contributed by atoms with Crippen LogP contribution in [-0.2, 0) is 0 Å². The molecule has 0 unspecified atom stereocenters. The monoisotopic (exact) mass is 266 g/mol. The molecule has 0 amide bonds. The summed E-state index contributed by atoms with van der Waals surface area (Å²) >= 11 is 0. The van der Waals surface area contributed by atoms with Crippen LogP contribution >= 0.6 is 0 Å². The van der Waals surface area contributed by atoms with Crippen molar-refractivity contribution in [2.75, 3.05) is 6.61 Å². The fourth-order valence-corrected chi connectivity index (χ4v) is 2.19. The molecule has 0 aromatic heterocycles. The van der Waals surface area contributed by atoms with Crippen molar-refractivity contribution in [3.63, 3.8) is 0 Å². The van der Waals surface area contributed by atoms with Crippen LogP contribution in [0.25, 0.3) is 0 Å². The van der Waals surface area contributed by atoms with Gasteiger partial charge in [0.15, 0.2) is 0 Å². The molecule has 0 aliphatic carbocycles. The molecular weight excluding hydrogens is 250 g/mol. The average Bonchev–Trinajstić information content (AvgIpc) is 2.79. The van der Waals surface area contributed by atoms with Gasteiger partial charge in [-0.3, -0.25) is 0 Å². The first-order valence-corrected chi connectivity index (χ1v) is 6.58. The van der Waals surface area contributed by atoms with Gasteiger partial charge in [0.2, 0.25) is 5.84 Å². The van der Waals surface area contributed by atoms with Crippen LogP contribution in [0.3, 0.4) is 0 Å². The maximum absolute atomic E-state index is 5.96. The number of ether oxygens (including phenoxy) is 1. The standard InChI is InChI=1S/C16H15N3O/c1-2-20-12-9-7-11(8-10-12)18-16-14-6-4-3-5-13(14)15(17)19-16/h3-10H,2H2,1H3,(H2,17,18,19)/p+1. The van der Waals surface area contributed by atoms with Crippen molar-refractivity contribution in [2.24, 2.45) is 10.7 Å². The lowest BCUT2D eigenvalue weighted by Gasteiger charge is -2.01. The molecule has 0 bridgehead atoms. The van der Waals surface area contributed by atoms with Crippen molar-refractivity contribution in [1.82, 2.24) is 0 Å². The first kappa shape index (κ1) is 12.4. The Morgan fingerprint density at radius 3 is 2.45 bits per heavy atom. The maximum atomic E-state index is 5.96. The predicted molar refractivity (Wildman–Crippen MR) is 79.5 cm³/mol. The number of amidine groups is 2. The van der Waals surface area contributed by atoms with Crippen molar-refractivity contribution in [1.29, 1.82) is 0 Å². The Hall–Kier alpha value is -2.62. The largest absolute Gasteiger partial charge is 0.494 e. The van der Waals surface area contributed by atoms with Crippen LogP contribution in [0.2, 0.25) is 0 Å². The van der Waals surface area contributed by atoms with E-state index in [4.69, 9.17) is 10.5 Å². The van der Waals surface area contributed by atoms with Crippen LogP contribution in [0.15, 0.2) is 53.5 Å². The highest BCUT2D eigenvalue weighted by atomic mass is 16.5. The van der Waals surface area contributed by atoms with Gasteiger partial charge in [-0.2, -0.15) is 0 Å². The van der Waals surface area contributed by atoms with E-state index in [1.54, 1.807) is 0 Å². The summed E-state index contributed by atoms with van der Waals surface area (Å²) in [6.45, 7) is 2.63. The van der Waals surface area contributed by atoms with Gasteiger partial charge in [-0.25, -0.2) is 4.99 Å². The summed E-state index contributed by atoms with van der Waals surface area (Å²) < 4.78 is 5.42. The van der Waals surface area contributed by atoms with Crippen molar-refractivity contribution in [3.8, 4) is 5.75 Å². The normalized spacial score (nSPS) is 15.1. The van der Waals surface area contributed by atoms with E-state index in [-0.39, 0.29) is 0 Å². The molecule has 0 atom stereocenters. The molecule has 1 aliphatic heterocycles. The summed E-state index contributed by atoms with van der Waals surface area (Å²) in [5.41, 5.74) is 8.84. The third-order valence-electron chi connectivity index (χ3n) is 3.11. The molecule has 3 N–H and O–H groups in total. The zero-order valence-corrected chi connectivity index (χ0v) is 11.3. The summed E-state index contributed by atoms with van der Waals surface area (Å²) in [4.78, 5) is 7.72. The van der Waals surface area contributed by atoms with E-state index in [1.165, 1.54) is 0 Å². The Morgan fingerprint density at radius 2 is 1.75 bits per heavy atom. The van der Waals surface area contributed by atoms with Crippen molar-refractivity contribution >= 4 is 17.4 Å². The lowest BCUT2D eigenvalue weighted by atomic mass is 10.1. The van der Waals surface area contributed by atoms with E-state index in [9.17, 15) is 0 Å². The maximum Gasteiger partial charge on any atom is 0.269 e. The second-order valence-corrected chi connectivity index (χ2v) is 4.47. The van der Waals surface area contributed by atoms with Gasteiger partial charge in [0.25, 0.3) is 5.84 Å². The SMILES string of the molecule is CCOc1ccc(N=C2[NH+]=C(N)c3ccccc32)cc1. The third kappa shape index (κ3) is 2.28. The number of hydrogen-bond acceptors (Lipinski definition) is 3. The van der Waals surface area contributed by atoms with Gasteiger partial charge in [-0.15, -0.1) is 4.99 Å². The third-order valence-corrected chi connectivity index (χ3v) is 3.11. The molecule has 4 nitrogen and oxygen atoms in total. The average molecular weight is 266 g/mol. The van der Waals surface area contributed by atoms with E-state index in [0.29, 0.717) is 12.4 Å². The second-order valence-electron chi connectivity index (χ2n) is 4.47. The number of nitrogens with zero attached hydrogens (tertiary/aromatic N) is 1. The van der Waals surface area contributed by atoms with Gasteiger partial charge in [-0.1, -0.05) is 12.1 Å². The topological polar surface area (TPSA) is 61.6 Å². The van der Waals surface area contributed by atoms with Gasteiger partial charge in [0.1, 0.15) is 11.4 Å². The minimum Gasteiger partial charge on any atom is -0.494 e. The van der Waals surface area contributed by atoms with Crippen molar-refractivity contribution in [3.05, 3.63) is 59.7 Å². The van der Waals surface area contributed by atoms with Gasteiger partial charge in [0.05, 0.1) is 17.7 Å². The first-order chi connectivity index (χ1) is 9.78. The Labute approximate surface area is 117 Å². The summed E-state index contributed by atoms with van der Waals surface area (Å²) in [6.07, 6.45) is 0. The Bertz CT molecular complexity index is 687. The Morgan fingerprint density at radius 1 is 1.05 bits per heavy atom. The van der Waals surface area contributed by atoms with Gasteiger partial charge in [-0.05, 0) is 43.3 Å². The number of benzene rings is 2. The molecule has 2 aromatic rings. The first-order valence-electron chi connectivity index (χ1n) is 6.58. The lowest BCUT2D eigenvalue weighted by molar-refractivity contribution is -0.311. The number of nitrogens with two attached hydrogens (primary N) is 1. The zero-order chi connectivity index (χ0) is 13.9. The van der Waals surface area contributed by atoms with Crippen molar-refractivity contribution in [2.45, 2.75) is 6.92 Å². The highest BCUT2D eigenvalue weighted by Crippen LogP contribution is 2.19. The van der Waals surface area contributed by atoms with Crippen LogP contribution in [0, 0.1) is 0 Å². The molecule has 3 rings (SSSR count). The Balaban J connectivity index is 1.94. The van der Waals surface area contributed by atoms with E-state index in [2.05, 4.69) is 9.98 Å². The molecule has 0 fully saturated rings. The van der Waals surface area contributed by atoms with Gasteiger partial charge < -0.3 is 10.5 Å². The fourth-order valence-electron chi connectivity index (χ4n) is 2.19. The molecule has 0 saturated heterocycles. The Kier molecular flexibility index (Phi) is 3.21. The molecule has 0 radical (unpaired) electrons. The molecule has 1 aliphatic rings. The number of aliphatic imine (C=N–C) groups is 1. The second kappa shape index (κ2) is 5.17. The quantitative estimate of drug-likeness (QED) is 0.869. The van der Waals surface area contributed by atoms with E-state index in [1.807, 2.05) is 55.5 Å². The molecule has 0 saturated carbocycles. The summed E-state index contributed by atoms with van der Waals surface area (Å²) in [7, 11) is 0. The summed E-state index contributed by atoms with van der Waals surface area (Å²) in [6, 6.07) is 15.6. The zero-order valence-electron chi connectivity index (χ0n) is 11.3. The number of nitrogen functional groups attached to an aromatic ring is 1. The molecular formula is C16H16N3O+. The number of hydrogen-bond donors (Lipinski definition) is 2. The molecule has 0 spiro atoms. The fraction of sp³-hybridized carbons (Fsp3) is 0.125. The minimum atomic E-state index is 0.644. The van der Waals surface area contributed by atoms with Crippen molar-refractivity contribution < 1.29 is 9.73 Å². The number of nitrogens with one attached hydrogen (secondary N) is 1. The van der Waals surface area contributed by atoms with E-state index in [0.717, 1.165) is 28.4 Å².